The maximum Gasteiger partial charge on any atom is 0.416 e. The average molecular weight is 251 g/mol. The minimum Gasteiger partial charge on any atom is -0.304 e. The van der Waals surface area contributed by atoms with Gasteiger partial charge in [-0.25, -0.2) is 10.3 Å². The third-order valence-electron chi connectivity index (χ3n) is 2.46. The van der Waals surface area contributed by atoms with Crippen molar-refractivity contribution >= 4 is 0 Å². The highest BCUT2D eigenvalue weighted by Gasteiger charge is 2.38. The monoisotopic (exact) mass is 251 g/mol. The van der Waals surface area contributed by atoms with E-state index < -0.39 is 23.0 Å². The predicted molar refractivity (Wildman–Crippen MR) is 54.6 cm³/mol. The summed E-state index contributed by atoms with van der Waals surface area (Å²) in [6.45, 7) is 2.87. The van der Waals surface area contributed by atoms with Gasteiger partial charge in [-0.1, -0.05) is 13.8 Å². The first kappa shape index (κ1) is 13.9. The molecule has 0 amide bonds. The highest BCUT2D eigenvalue weighted by atomic mass is 19.4. The second-order valence-electron chi connectivity index (χ2n) is 4.38. The van der Waals surface area contributed by atoms with Gasteiger partial charge in [-0.2, -0.15) is 13.2 Å². The Morgan fingerprint density at radius 2 is 1.76 bits per heavy atom. The number of hydrogen-bond donors (Lipinski definition) is 1. The topological polar surface area (TPSA) is 35.2 Å². The summed E-state index contributed by atoms with van der Waals surface area (Å²) in [6, 6.07) is 2.37. The lowest BCUT2D eigenvalue weighted by molar-refractivity contribution is -0.139. The number of benzene rings is 1. The van der Waals surface area contributed by atoms with E-state index in [4.69, 9.17) is 5.90 Å². The fourth-order valence-electron chi connectivity index (χ4n) is 1.61. The second kappa shape index (κ2) is 4.62. The molecule has 17 heavy (non-hydrogen) atoms. The van der Waals surface area contributed by atoms with Crippen molar-refractivity contribution in [3.05, 3.63) is 35.1 Å². The van der Waals surface area contributed by atoms with Crippen molar-refractivity contribution in [2.75, 3.05) is 6.61 Å². The second-order valence-corrected chi connectivity index (χ2v) is 4.38. The summed E-state index contributed by atoms with van der Waals surface area (Å²) in [7, 11) is 0. The van der Waals surface area contributed by atoms with Crippen LogP contribution in [0.1, 0.15) is 25.0 Å². The third-order valence-corrected chi connectivity index (χ3v) is 2.46. The lowest BCUT2D eigenvalue weighted by atomic mass is 9.82. The quantitative estimate of drug-likeness (QED) is 0.662. The van der Waals surface area contributed by atoms with Crippen molar-refractivity contribution in [1.82, 2.24) is 0 Å². The van der Waals surface area contributed by atoms with E-state index in [0.717, 1.165) is 18.2 Å². The number of rotatable bonds is 3. The standard InChI is InChI=1S/C11H13F4NO/c1-10(2,6-17-16)9-5-7(12)3-4-8(9)11(13,14)15/h3-5H,6,16H2,1-2H3. The summed E-state index contributed by atoms with van der Waals surface area (Å²) in [5.41, 5.74) is -2.07. The fraction of sp³-hybridized carbons (Fsp3) is 0.455. The summed E-state index contributed by atoms with van der Waals surface area (Å²) in [4.78, 5) is 4.38. The Labute approximate surface area is 96.3 Å². The molecule has 0 bridgehead atoms. The van der Waals surface area contributed by atoms with Crippen LogP contribution in [0.25, 0.3) is 0 Å². The van der Waals surface area contributed by atoms with Crippen molar-refractivity contribution in [3.63, 3.8) is 0 Å². The van der Waals surface area contributed by atoms with E-state index in [1.54, 1.807) is 0 Å². The number of alkyl halides is 3. The minimum absolute atomic E-state index is 0.139. The zero-order valence-corrected chi connectivity index (χ0v) is 9.44. The van der Waals surface area contributed by atoms with Crippen molar-refractivity contribution in [3.8, 4) is 0 Å². The Morgan fingerprint density at radius 3 is 2.24 bits per heavy atom. The first-order chi connectivity index (χ1) is 7.68. The van der Waals surface area contributed by atoms with Gasteiger partial charge in [-0.3, -0.25) is 0 Å². The molecule has 0 aliphatic carbocycles. The summed E-state index contributed by atoms with van der Waals surface area (Å²) in [6.07, 6.45) is -4.53. The van der Waals surface area contributed by atoms with Gasteiger partial charge in [-0.15, -0.1) is 0 Å². The SMILES string of the molecule is CC(C)(CON)c1cc(F)ccc1C(F)(F)F. The van der Waals surface area contributed by atoms with Gasteiger partial charge in [0.1, 0.15) is 5.82 Å². The largest absolute Gasteiger partial charge is 0.416 e. The summed E-state index contributed by atoms with van der Waals surface area (Å²) in [5, 5.41) is 0. The van der Waals surface area contributed by atoms with Gasteiger partial charge in [-0.05, 0) is 23.8 Å². The van der Waals surface area contributed by atoms with Gasteiger partial charge >= 0.3 is 6.18 Å². The van der Waals surface area contributed by atoms with E-state index in [0.29, 0.717) is 0 Å². The van der Waals surface area contributed by atoms with Crippen LogP contribution in [-0.4, -0.2) is 6.61 Å². The normalized spacial score (nSPS) is 12.9. The Hall–Kier alpha value is -1.14. The molecule has 0 unspecified atom stereocenters. The Balaban J connectivity index is 3.34. The van der Waals surface area contributed by atoms with Gasteiger partial charge in [0.15, 0.2) is 0 Å². The molecule has 6 heteroatoms. The maximum absolute atomic E-state index is 13.1. The molecule has 0 aliphatic rings. The van der Waals surface area contributed by atoms with Crippen LogP contribution in [0.3, 0.4) is 0 Å². The zero-order chi connectivity index (χ0) is 13.3. The van der Waals surface area contributed by atoms with E-state index in [1.807, 2.05) is 0 Å². The van der Waals surface area contributed by atoms with Crippen molar-refractivity contribution in [2.24, 2.45) is 5.90 Å². The predicted octanol–water partition coefficient (Wildman–Crippen LogP) is 3.01. The van der Waals surface area contributed by atoms with E-state index in [9.17, 15) is 17.6 Å². The van der Waals surface area contributed by atoms with E-state index in [2.05, 4.69) is 4.84 Å². The first-order valence-electron chi connectivity index (χ1n) is 4.87. The molecule has 2 nitrogen and oxygen atoms in total. The van der Waals surface area contributed by atoms with Crippen LogP contribution in [0, 0.1) is 5.82 Å². The van der Waals surface area contributed by atoms with Crippen LogP contribution in [0.4, 0.5) is 17.6 Å². The number of halogens is 4. The highest BCUT2D eigenvalue weighted by Crippen LogP contribution is 2.37. The van der Waals surface area contributed by atoms with Crippen LogP contribution in [0.5, 0.6) is 0 Å². The van der Waals surface area contributed by atoms with Gasteiger partial charge in [0.05, 0.1) is 12.2 Å². The van der Waals surface area contributed by atoms with E-state index in [-0.39, 0.29) is 12.2 Å². The third kappa shape index (κ3) is 3.17. The minimum atomic E-state index is -4.53. The lowest BCUT2D eigenvalue weighted by Crippen LogP contribution is -2.29. The molecule has 0 atom stereocenters. The van der Waals surface area contributed by atoms with Gasteiger partial charge < -0.3 is 4.84 Å². The van der Waals surface area contributed by atoms with Crippen LogP contribution < -0.4 is 5.90 Å². The number of nitrogens with two attached hydrogens (primary N) is 1. The molecule has 0 aliphatic heterocycles. The molecule has 0 aromatic heterocycles. The van der Waals surface area contributed by atoms with E-state index >= 15 is 0 Å². The Kier molecular flexibility index (Phi) is 3.78. The molecule has 0 fully saturated rings. The summed E-state index contributed by atoms with van der Waals surface area (Å²) < 4.78 is 51.3. The van der Waals surface area contributed by atoms with Crippen molar-refractivity contribution in [1.29, 1.82) is 0 Å². The molecule has 1 aromatic carbocycles. The van der Waals surface area contributed by atoms with Crippen molar-refractivity contribution < 1.29 is 22.4 Å². The molecule has 1 rings (SSSR count). The Morgan fingerprint density at radius 1 is 1.18 bits per heavy atom. The maximum atomic E-state index is 13.1. The molecule has 96 valence electrons. The van der Waals surface area contributed by atoms with Gasteiger partial charge in [0.2, 0.25) is 0 Å². The molecule has 0 saturated heterocycles. The Bertz CT molecular complexity index is 401. The van der Waals surface area contributed by atoms with Gasteiger partial charge in [0.25, 0.3) is 0 Å². The van der Waals surface area contributed by atoms with Crippen LogP contribution in [-0.2, 0) is 16.4 Å². The highest BCUT2D eigenvalue weighted by molar-refractivity contribution is 5.36. The van der Waals surface area contributed by atoms with E-state index in [1.165, 1.54) is 13.8 Å². The van der Waals surface area contributed by atoms with Gasteiger partial charge in [0, 0.05) is 5.41 Å². The van der Waals surface area contributed by atoms with Crippen molar-refractivity contribution in [2.45, 2.75) is 25.4 Å². The molecule has 2 N–H and O–H groups in total. The lowest BCUT2D eigenvalue weighted by Gasteiger charge is -2.27. The van der Waals surface area contributed by atoms with Crippen LogP contribution >= 0.6 is 0 Å². The number of hydrogen-bond acceptors (Lipinski definition) is 2. The smallest absolute Gasteiger partial charge is 0.304 e. The molecule has 0 radical (unpaired) electrons. The zero-order valence-electron chi connectivity index (χ0n) is 9.44. The molecule has 0 heterocycles. The molecule has 0 saturated carbocycles. The fourth-order valence-corrected chi connectivity index (χ4v) is 1.61. The van der Waals surface area contributed by atoms with Crippen LogP contribution in [0.15, 0.2) is 18.2 Å². The average Bonchev–Trinajstić information content (AvgIpc) is 2.15. The molecular weight excluding hydrogens is 238 g/mol. The first-order valence-corrected chi connectivity index (χ1v) is 4.87. The summed E-state index contributed by atoms with van der Waals surface area (Å²) in [5.74, 6) is 4.15. The summed E-state index contributed by atoms with van der Waals surface area (Å²) >= 11 is 0. The molecular formula is C11H13F4NO. The van der Waals surface area contributed by atoms with Crippen LogP contribution in [0.2, 0.25) is 0 Å². The molecule has 0 spiro atoms. The molecule has 1 aromatic rings.